The van der Waals surface area contributed by atoms with Gasteiger partial charge in [-0.05, 0) is 41.6 Å². The number of aryl methyl sites for hydroxylation is 1. The molecule has 0 bridgehead atoms. The van der Waals surface area contributed by atoms with E-state index < -0.39 is 0 Å². The third kappa shape index (κ3) is 2.48. The summed E-state index contributed by atoms with van der Waals surface area (Å²) < 4.78 is 18.2. The zero-order valence-corrected chi connectivity index (χ0v) is 10.6. The highest BCUT2D eigenvalue weighted by molar-refractivity contribution is 7.10. The van der Waals surface area contributed by atoms with E-state index in [9.17, 15) is 4.39 Å². The lowest BCUT2D eigenvalue weighted by molar-refractivity contribution is 0.385. The van der Waals surface area contributed by atoms with Crippen molar-refractivity contribution in [3.63, 3.8) is 0 Å². The van der Waals surface area contributed by atoms with E-state index in [1.807, 2.05) is 18.4 Å². The van der Waals surface area contributed by atoms with Crippen molar-refractivity contribution in [3.8, 4) is 5.75 Å². The van der Waals surface area contributed by atoms with Crippen LogP contribution in [0.3, 0.4) is 0 Å². The monoisotopic (exact) mass is 251 g/mol. The van der Waals surface area contributed by atoms with Crippen LogP contribution < -0.4 is 10.5 Å². The summed E-state index contributed by atoms with van der Waals surface area (Å²) in [6, 6.07) is 6.52. The third-order valence-electron chi connectivity index (χ3n) is 2.64. The minimum absolute atomic E-state index is 0.227. The lowest BCUT2D eigenvalue weighted by atomic mass is 10.0. The van der Waals surface area contributed by atoms with Crippen LogP contribution in [0.2, 0.25) is 0 Å². The number of nitrogens with two attached hydrogens (primary N) is 1. The van der Waals surface area contributed by atoms with Gasteiger partial charge in [0, 0.05) is 4.88 Å². The Labute approximate surface area is 104 Å². The van der Waals surface area contributed by atoms with Crippen LogP contribution in [0.15, 0.2) is 29.6 Å². The van der Waals surface area contributed by atoms with Crippen molar-refractivity contribution in [3.05, 3.63) is 51.5 Å². The highest BCUT2D eigenvalue weighted by atomic mass is 32.1. The predicted octanol–water partition coefficient (Wildman–Crippen LogP) is 3.25. The van der Waals surface area contributed by atoms with Gasteiger partial charge in [-0.3, -0.25) is 0 Å². The summed E-state index contributed by atoms with van der Waals surface area (Å²) >= 11 is 1.66. The normalized spacial score (nSPS) is 12.5. The first-order valence-electron chi connectivity index (χ1n) is 5.26. The van der Waals surface area contributed by atoms with Crippen molar-refractivity contribution in [2.24, 2.45) is 5.73 Å². The average Bonchev–Trinajstić information content (AvgIpc) is 2.75. The first-order valence-corrected chi connectivity index (χ1v) is 6.14. The summed E-state index contributed by atoms with van der Waals surface area (Å²) in [6.07, 6.45) is 0. The molecule has 0 aliphatic rings. The van der Waals surface area contributed by atoms with Gasteiger partial charge in [-0.2, -0.15) is 0 Å². The van der Waals surface area contributed by atoms with Crippen molar-refractivity contribution in [1.29, 1.82) is 0 Å². The molecule has 90 valence electrons. The van der Waals surface area contributed by atoms with E-state index in [1.165, 1.54) is 18.1 Å². The molecule has 1 aromatic heterocycles. The van der Waals surface area contributed by atoms with E-state index in [4.69, 9.17) is 10.5 Å². The Kier molecular flexibility index (Phi) is 3.45. The fourth-order valence-corrected chi connectivity index (χ4v) is 2.43. The molecule has 2 rings (SSSR count). The number of hydrogen-bond donors (Lipinski definition) is 1. The van der Waals surface area contributed by atoms with Crippen LogP contribution in [0.4, 0.5) is 4.39 Å². The summed E-state index contributed by atoms with van der Waals surface area (Å²) in [5.74, 6) is -0.144. The van der Waals surface area contributed by atoms with E-state index in [-0.39, 0.29) is 17.6 Å². The van der Waals surface area contributed by atoms with E-state index in [2.05, 4.69) is 0 Å². The molecule has 0 spiro atoms. The van der Waals surface area contributed by atoms with Crippen LogP contribution in [0.1, 0.15) is 22.0 Å². The lowest BCUT2D eigenvalue weighted by Gasteiger charge is -2.12. The molecule has 0 saturated heterocycles. The Bertz CT molecular complexity index is 524. The Morgan fingerprint density at radius 1 is 1.29 bits per heavy atom. The summed E-state index contributed by atoms with van der Waals surface area (Å²) in [6.45, 7) is 2.03. The van der Waals surface area contributed by atoms with E-state index >= 15 is 0 Å². The van der Waals surface area contributed by atoms with Gasteiger partial charge in [0.05, 0.1) is 13.2 Å². The van der Waals surface area contributed by atoms with Crippen LogP contribution in [0, 0.1) is 12.7 Å². The minimum atomic E-state index is -0.370. The highest BCUT2D eigenvalue weighted by Crippen LogP contribution is 2.27. The van der Waals surface area contributed by atoms with Gasteiger partial charge in [-0.15, -0.1) is 11.3 Å². The lowest BCUT2D eigenvalue weighted by Crippen LogP contribution is -2.11. The molecule has 2 N–H and O–H groups in total. The Hall–Kier alpha value is -1.39. The number of methoxy groups -OCH3 is 1. The number of benzene rings is 1. The average molecular weight is 251 g/mol. The van der Waals surface area contributed by atoms with Gasteiger partial charge in [0.15, 0.2) is 11.6 Å². The molecule has 2 aromatic rings. The van der Waals surface area contributed by atoms with E-state index in [1.54, 1.807) is 23.5 Å². The van der Waals surface area contributed by atoms with Gasteiger partial charge in [0.1, 0.15) is 0 Å². The minimum Gasteiger partial charge on any atom is -0.494 e. The van der Waals surface area contributed by atoms with Gasteiger partial charge in [-0.1, -0.05) is 6.07 Å². The largest absolute Gasteiger partial charge is 0.494 e. The molecule has 1 heterocycles. The smallest absolute Gasteiger partial charge is 0.165 e. The molecular weight excluding hydrogens is 237 g/mol. The molecule has 17 heavy (non-hydrogen) atoms. The van der Waals surface area contributed by atoms with Crippen molar-refractivity contribution >= 4 is 11.3 Å². The molecule has 0 fully saturated rings. The highest BCUT2D eigenvalue weighted by Gasteiger charge is 2.13. The summed E-state index contributed by atoms with van der Waals surface area (Å²) in [5.41, 5.74) is 8.02. The maximum Gasteiger partial charge on any atom is 0.165 e. The third-order valence-corrected chi connectivity index (χ3v) is 3.52. The molecule has 1 atom stereocenters. The number of halogens is 1. The maximum atomic E-state index is 13.3. The van der Waals surface area contributed by atoms with Crippen molar-refractivity contribution in [2.45, 2.75) is 13.0 Å². The van der Waals surface area contributed by atoms with Crippen LogP contribution in [0.25, 0.3) is 0 Å². The topological polar surface area (TPSA) is 35.2 Å². The number of thiophene rings is 1. The van der Waals surface area contributed by atoms with Gasteiger partial charge in [-0.25, -0.2) is 4.39 Å². The molecule has 0 aliphatic carbocycles. The molecular formula is C13H14FNOS. The second-order valence-corrected chi connectivity index (χ2v) is 4.98. The summed E-state index contributed by atoms with van der Waals surface area (Å²) in [7, 11) is 1.45. The second kappa shape index (κ2) is 4.85. The quantitative estimate of drug-likeness (QED) is 0.908. The standard InChI is InChI=1S/C13H14FNOS/c1-8-5-10(7-17-8)13(15)9-3-4-11(14)12(6-9)16-2/h3-7,13H,15H2,1-2H3. The molecule has 0 radical (unpaired) electrons. The maximum absolute atomic E-state index is 13.3. The zero-order chi connectivity index (χ0) is 12.4. The van der Waals surface area contributed by atoms with Crippen molar-refractivity contribution < 1.29 is 9.13 Å². The van der Waals surface area contributed by atoms with E-state index in [0.29, 0.717) is 0 Å². The number of rotatable bonds is 3. The van der Waals surface area contributed by atoms with Gasteiger partial charge in [0.2, 0.25) is 0 Å². The summed E-state index contributed by atoms with van der Waals surface area (Å²) in [5, 5.41) is 2.02. The molecule has 1 aromatic carbocycles. The van der Waals surface area contributed by atoms with Crippen LogP contribution in [-0.2, 0) is 0 Å². The molecule has 0 saturated carbocycles. The summed E-state index contributed by atoms with van der Waals surface area (Å²) in [4.78, 5) is 1.21. The second-order valence-electron chi connectivity index (χ2n) is 3.86. The van der Waals surface area contributed by atoms with Crippen LogP contribution in [-0.4, -0.2) is 7.11 Å². The van der Waals surface area contributed by atoms with E-state index in [0.717, 1.165) is 11.1 Å². The molecule has 4 heteroatoms. The predicted molar refractivity (Wildman–Crippen MR) is 68.0 cm³/mol. The van der Waals surface area contributed by atoms with Crippen molar-refractivity contribution in [1.82, 2.24) is 0 Å². The molecule has 0 aliphatic heterocycles. The number of hydrogen-bond acceptors (Lipinski definition) is 3. The Balaban J connectivity index is 2.34. The van der Waals surface area contributed by atoms with Crippen LogP contribution in [0.5, 0.6) is 5.75 Å². The SMILES string of the molecule is COc1cc(C(N)c2csc(C)c2)ccc1F. The number of ether oxygens (including phenoxy) is 1. The van der Waals surface area contributed by atoms with Gasteiger partial charge in [0.25, 0.3) is 0 Å². The Morgan fingerprint density at radius 2 is 2.06 bits per heavy atom. The van der Waals surface area contributed by atoms with Crippen molar-refractivity contribution in [2.75, 3.05) is 7.11 Å². The molecule has 2 nitrogen and oxygen atoms in total. The fourth-order valence-electron chi connectivity index (χ4n) is 1.69. The fraction of sp³-hybridized carbons (Fsp3) is 0.231. The molecule has 0 amide bonds. The van der Waals surface area contributed by atoms with Gasteiger partial charge >= 0.3 is 0 Å². The first kappa shape index (κ1) is 12.1. The van der Waals surface area contributed by atoms with Gasteiger partial charge < -0.3 is 10.5 Å². The first-order chi connectivity index (χ1) is 8.11. The van der Waals surface area contributed by atoms with Crippen LogP contribution >= 0.6 is 11.3 Å². The Morgan fingerprint density at radius 3 is 2.65 bits per heavy atom. The zero-order valence-electron chi connectivity index (χ0n) is 9.74. The molecule has 1 unspecified atom stereocenters.